The molecule has 78 valence electrons. The first-order chi connectivity index (χ1) is 6.72. The van der Waals surface area contributed by atoms with Gasteiger partial charge in [0, 0.05) is 12.3 Å². The molecule has 0 amide bonds. The molecule has 1 N–H and O–H groups in total. The standard InChI is InChI=1S/C12H18O2/c1-2-3-4-9-5-8-6-10(13)12(9)11(14)7-8/h2,8-10,12-13H,1,3-7H2/t8-,9-,10-,12+/m1/s1. The summed E-state index contributed by atoms with van der Waals surface area (Å²) < 4.78 is 0. The summed E-state index contributed by atoms with van der Waals surface area (Å²) in [4.78, 5) is 11.7. The van der Waals surface area contributed by atoms with Crippen molar-refractivity contribution in [2.24, 2.45) is 17.8 Å². The lowest BCUT2D eigenvalue weighted by Crippen LogP contribution is -2.47. The van der Waals surface area contributed by atoms with Crippen molar-refractivity contribution in [1.29, 1.82) is 0 Å². The monoisotopic (exact) mass is 194 g/mol. The van der Waals surface area contributed by atoms with Gasteiger partial charge in [-0.1, -0.05) is 6.08 Å². The van der Waals surface area contributed by atoms with Crippen molar-refractivity contribution in [2.75, 3.05) is 0 Å². The van der Waals surface area contributed by atoms with Crippen molar-refractivity contribution in [2.45, 2.75) is 38.2 Å². The van der Waals surface area contributed by atoms with Gasteiger partial charge in [0.2, 0.25) is 0 Å². The van der Waals surface area contributed by atoms with Crippen molar-refractivity contribution in [3.05, 3.63) is 12.7 Å². The molecule has 0 unspecified atom stereocenters. The SMILES string of the molecule is C=CCC[C@@H]1C[C@H]2CC(=O)[C@@H]1[C@H](O)C2. The van der Waals surface area contributed by atoms with Crippen LogP contribution in [0.3, 0.4) is 0 Å². The summed E-state index contributed by atoms with van der Waals surface area (Å²) in [5, 5.41) is 9.79. The summed E-state index contributed by atoms with van der Waals surface area (Å²) >= 11 is 0. The smallest absolute Gasteiger partial charge is 0.139 e. The molecule has 0 aromatic carbocycles. The third kappa shape index (κ3) is 1.63. The van der Waals surface area contributed by atoms with E-state index in [4.69, 9.17) is 0 Å². The summed E-state index contributed by atoms with van der Waals surface area (Å²) in [5.74, 6) is 1.12. The number of hydrogen-bond acceptors (Lipinski definition) is 2. The highest BCUT2D eigenvalue weighted by Gasteiger charge is 2.46. The second kappa shape index (κ2) is 3.85. The largest absolute Gasteiger partial charge is 0.392 e. The van der Waals surface area contributed by atoms with Crippen LogP contribution in [0.4, 0.5) is 0 Å². The molecule has 0 aromatic rings. The molecule has 0 radical (unpaired) electrons. The van der Waals surface area contributed by atoms with Gasteiger partial charge in [0.25, 0.3) is 0 Å². The minimum absolute atomic E-state index is 0.0556. The Morgan fingerprint density at radius 1 is 1.50 bits per heavy atom. The molecule has 3 rings (SSSR count). The highest BCUT2D eigenvalue weighted by Crippen LogP contribution is 2.44. The fourth-order valence-corrected chi connectivity index (χ4v) is 3.17. The number of carbonyl (C=O) groups excluding carboxylic acids is 1. The van der Waals surface area contributed by atoms with E-state index >= 15 is 0 Å². The molecule has 2 heteroatoms. The normalized spacial score (nSPS) is 41.4. The van der Waals surface area contributed by atoms with Crippen LogP contribution in [0.5, 0.6) is 0 Å². The lowest BCUT2D eigenvalue weighted by molar-refractivity contribution is -0.142. The van der Waals surface area contributed by atoms with Gasteiger partial charge in [-0.15, -0.1) is 6.58 Å². The van der Waals surface area contributed by atoms with Gasteiger partial charge in [-0.2, -0.15) is 0 Å². The first-order valence-electron chi connectivity index (χ1n) is 5.54. The van der Waals surface area contributed by atoms with Crippen LogP contribution in [0, 0.1) is 17.8 Å². The molecule has 0 spiro atoms. The van der Waals surface area contributed by atoms with Crippen LogP contribution in [0.15, 0.2) is 12.7 Å². The second-order valence-electron chi connectivity index (χ2n) is 4.73. The third-order valence-electron chi connectivity index (χ3n) is 3.74. The highest BCUT2D eigenvalue weighted by atomic mass is 16.3. The molecule has 0 aromatic heterocycles. The number of carbonyl (C=O) groups is 1. The molecule has 0 saturated heterocycles. The first kappa shape index (κ1) is 9.91. The van der Waals surface area contributed by atoms with Crippen LogP contribution in [-0.2, 0) is 4.79 Å². The molecule has 14 heavy (non-hydrogen) atoms. The Bertz CT molecular complexity index is 247. The van der Waals surface area contributed by atoms with Gasteiger partial charge >= 0.3 is 0 Å². The van der Waals surface area contributed by atoms with Crippen LogP contribution >= 0.6 is 0 Å². The Balaban J connectivity index is 2.05. The van der Waals surface area contributed by atoms with Crippen molar-refractivity contribution >= 4 is 5.78 Å². The van der Waals surface area contributed by atoms with Gasteiger partial charge in [0.1, 0.15) is 5.78 Å². The summed E-state index contributed by atoms with van der Waals surface area (Å²) in [7, 11) is 0. The Hall–Kier alpha value is -0.630. The zero-order chi connectivity index (χ0) is 10.1. The number of rotatable bonds is 3. The fourth-order valence-electron chi connectivity index (χ4n) is 3.17. The maximum atomic E-state index is 11.7. The minimum Gasteiger partial charge on any atom is -0.392 e. The van der Waals surface area contributed by atoms with Gasteiger partial charge in [0.15, 0.2) is 0 Å². The molecule has 2 nitrogen and oxygen atoms in total. The number of fused-ring (bicyclic) bond motifs is 3. The molecule has 2 bridgehead atoms. The van der Waals surface area contributed by atoms with Crippen LogP contribution in [0.2, 0.25) is 0 Å². The zero-order valence-corrected chi connectivity index (χ0v) is 8.48. The van der Waals surface area contributed by atoms with E-state index < -0.39 is 0 Å². The topological polar surface area (TPSA) is 37.3 Å². The Morgan fingerprint density at radius 3 is 2.86 bits per heavy atom. The van der Waals surface area contributed by atoms with E-state index in [0.717, 1.165) is 25.7 Å². The van der Waals surface area contributed by atoms with E-state index in [1.54, 1.807) is 0 Å². The average molecular weight is 194 g/mol. The van der Waals surface area contributed by atoms with E-state index in [0.29, 0.717) is 24.0 Å². The Kier molecular flexibility index (Phi) is 2.73. The van der Waals surface area contributed by atoms with E-state index in [2.05, 4.69) is 6.58 Å². The molecule has 3 aliphatic rings. The van der Waals surface area contributed by atoms with Crippen molar-refractivity contribution in [1.82, 2.24) is 0 Å². The lowest BCUT2D eigenvalue weighted by Gasteiger charge is -2.44. The van der Waals surface area contributed by atoms with Crippen molar-refractivity contribution in [3.8, 4) is 0 Å². The Morgan fingerprint density at radius 2 is 2.29 bits per heavy atom. The zero-order valence-electron chi connectivity index (χ0n) is 8.48. The first-order valence-corrected chi connectivity index (χ1v) is 5.54. The van der Waals surface area contributed by atoms with Crippen LogP contribution in [-0.4, -0.2) is 17.0 Å². The van der Waals surface area contributed by atoms with Crippen LogP contribution in [0.1, 0.15) is 32.1 Å². The number of ketones is 1. The Labute approximate surface area is 85.0 Å². The molecule has 0 heterocycles. The predicted octanol–water partition coefficient (Wildman–Crippen LogP) is 1.93. The van der Waals surface area contributed by atoms with Crippen molar-refractivity contribution in [3.63, 3.8) is 0 Å². The molecule has 3 saturated carbocycles. The number of aliphatic hydroxyl groups excluding tert-OH is 1. The molecule has 0 aliphatic heterocycles. The minimum atomic E-state index is -0.357. The van der Waals surface area contributed by atoms with Gasteiger partial charge < -0.3 is 5.11 Å². The molecular formula is C12H18O2. The number of allylic oxidation sites excluding steroid dienone is 1. The fraction of sp³-hybridized carbons (Fsp3) is 0.750. The molecule has 3 fully saturated rings. The quantitative estimate of drug-likeness (QED) is 0.697. The maximum Gasteiger partial charge on any atom is 0.139 e. The number of aliphatic hydroxyl groups is 1. The van der Waals surface area contributed by atoms with E-state index in [9.17, 15) is 9.90 Å². The summed E-state index contributed by atoms with van der Waals surface area (Å²) in [6, 6.07) is 0. The number of Topliss-reactive ketones (excluding diaryl/α,β-unsaturated/α-hetero) is 1. The highest BCUT2D eigenvalue weighted by molar-refractivity contribution is 5.83. The van der Waals surface area contributed by atoms with Crippen LogP contribution in [0.25, 0.3) is 0 Å². The summed E-state index contributed by atoms with van der Waals surface area (Å²) in [6.07, 6.45) is 6.24. The van der Waals surface area contributed by atoms with Gasteiger partial charge in [-0.3, -0.25) is 4.79 Å². The van der Waals surface area contributed by atoms with Crippen molar-refractivity contribution < 1.29 is 9.90 Å². The molecular weight excluding hydrogens is 176 g/mol. The summed E-state index contributed by atoms with van der Waals surface area (Å²) in [5.41, 5.74) is 0. The second-order valence-corrected chi connectivity index (χ2v) is 4.73. The lowest BCUT2D eigenvalue weighted by atomic mass is 9.61. The molecule has 3 aliphatic carbocycles. The predicted molar refractivity (Wildman–Crippen MR) is 54.8 cm³/mol. The summed E-state index contributed by atoms with van der Waals surface area (Å²) in [6.45, 7) is 3.70. The van der Waals surface area contributed by atoms with E-state index in [1.807, 2.05) is 6.08 Å². The van der Waals surface area contributed by atoms with Crippen LogP contribution < -0.4 is 0 Å². The molecule has 4 atom stereocenters. The van der Waals surface area contributed by atoms with Gasteiger partial charge in [-0.05, 0) is 37.5 Å². The average Bonchev–Trinajstić information content (AvgIpc) is 2.13. The van der Waals surface area contributed by atoms with Gasteiger partial charge in [-0.25, -0.2) is 0 Å². The number of hydrogen-bond donors (Lipinski definition) is 1. The maximum absolute atomic E-state index is 11.7. The van der Waals surface area contributed by atoms with Gasteiger partial charge in [0.05, 0.1) is 6.10 Å². The third-order valence-corrected chi connectivity index (χ3v) is 3.74. The van der Waals surface area contributed by atoms with E-state index in [-0.39, 0.29) is 12.0 Å². The van der Waals surface area contributed by atoms with E-state index in [1.165, 1.54) is 0 Å².